The number of hydrogen-bond acceptors (Lipinski definition) is 2. The first-order chi connectivity index (χ1) is 8.58. The first-order valence-corrected chi connectivity index (χ1v) is 6.37. The third kappa shape index (κ3) is 3.06. The van der Waals surface area contributed by atoms with Crippen LogP contribution in [0.3, 0.4) is 0 Å². The molecule has 0 aliphatic heterocycles. The molecular weight excluding hydrogens is 236 g/mol. The molecule has 1 aliphatic carbocycles. The first kappa shape index (κ1) is 13.4. The zero-order chi connectivity index (χ0) is 13.1. The van der Waals surface area contributed by atoms with Crippen molar-refractivity contribution in [3.05, 3.63) is 35.4 Å². The van der Waals surface area contributed by atoms with Crippen molar-refractivity contribution < 1.29 is 13.9 Å². The Kier molecular flexibility index (Phi) is 4.30. The SMILES string of the molecule is CN(Cc1cccc(F)c1F)CC1CCCC1O. The molecule has 0 heterocycles. The average Bonchev–Trinajstić information content (AvgIpc) is 2.71. The fraction of sp³-hybridized carbons (Fsp3) is 0.571. The molecule has 100 valence electrons. The van der Waals surface area contributed by atoms with Crippen molar-refractivity contribution >= 4 is 0 Å². The molecule has 0 spiro atoms. The molecule has 0 aromatic heterocycles. The maximum Gasteiger partial charge on any atom is 0.163 e. The Morgan fingerprint density at radius 2 is 2.11 bits per heavy atom. The molecule has 2 unspecified atom stereocenters. The van der Waals surface area contributed by atoms with Crippen LogP contribution in [0.25, 0.3) is 0 Å². The van der Waals surface area contributed by atoms with Gasteiger partial charge in [0, 0.05) is 18.7 Å². The summed E-state index contributed by atoms with van der Waals surface area (Å²) in [5, 5.41) is 9.74. The normalized spacial score (nSPS) is 23.8. The van der Waals surface area contributed by atoms with Gasteiger partial charge in [0.05, 0.1) is 6.10 Å². The van der Waals surface area contributed by atoms with Gasteiger partial charge in [-0.1, -0.05) is 18.6 Å². The predicted octanol–water partition coefficient (Wildman–Crippen LogP) is 2.56. The number of hydrogen-bond donors (Lipinski definition) is 1. The van der Waals surface area contributed by atoms with Crippen LogP contribution in [0.4, 0.5) is 8.78 Å². The van der Waals surface area contributed by atoms with Crippen LogP contribution >= 0.6 is 0 Å². The van der Waals surface area contributed by atoms with Crippen molar-refractivity contribution in [1.82, 2.24) is 4.90 Å². The van der Waals surface area contributed by atoms with Gasteiger partial charge in [-0.3, -0.25) is 0 Å². The Labute approximate surface area is 106 Å². The number of benzene rings is 1. The molecule has 1 saturated carbocycles. The highest BCUT2D eigenvalue weighted by Crippen LogP contribution is 2.26. The molecule has 0 amide bonds. The van der Waals surface area contributed by atoms with Crippen LogP contribution in [0, 0.1) is 17.6 Å². The van der Waals surface area contributed by atoms with E-state index in [1.807, 2.05) is 11.9 Å². The van der Waals surface area contributed by atoms with Crippen molar-refractivity contribution in [2.75, 3.05) is 13.6 Å². The smallest absolute Gasteiger partial charge is 0.163 e. The minimum Gasteiger partial charge on any atom is -0.393 e. The van der Waals surface area contributed by atoms with Gasteiger partial charge in [-0.2, -0.15) is 0 Å². The van der Waals surface area contributed by atoms with Crippen LogP contribution in [0.1, 0.15) is 24.8 Å². The van der Waals surface area contributed by atoms with E-state index in [1.165, 1.54) is 6.07 Å². The molecule has 1 fully saturated rings. The molecule has 2 nitrogen and oxygen atoms in total. The van der Waals surface area contributed by atoms with Gasteiger partial charge in [-0.25, -0.2) is 8.78 Å². The van der Waals surface area contributed by atoms with Crippen molar-refractivity contribution in [2.24, 2.45) is 5.92 Å². The predicted molar refractivity (Wildman–Crippen MR) is 66.0 cm³/mol. The number of halogens is 2. The Hall–Kier alpha value is -1.00. The summed E-state index contributed by atoms with van der Waals surface area (Å²) in [4.78, 5) is 1.94. The van der Waals surface area contributed by atoms with Gasteiger partial charge in [0.25, 0.3) is 0 Å². The van der Waals surface area contributed by atoms with Gasteiger partial charge in [-0.05, 0) is 31.9 Å². The highest BCUT2D eigenvalue weighted by molar-refractivity contribution is 5.18. The van der Waals surface area contributed by atoms with Crippen molar-refractivity contribution in [3.63, 3.8) is 0 Å². The standard InChI is InChI=1S/C14H19F2NO/c1-17(8-10-4-3-7-13(10)18)9-11-5-2-6-12(15)14(11)16/h2,5-6,10,13,18H,3-4,7-9H2,1H3. The molecule has 0 saturated heterocycles. The van der Waals surface area contributed by atoms with Gasteiger partial charge in [0.15, 0.2) is 11.6 Å². The van der Waals surface area contributed by atoms with Gasteiger partial charge in [0.1, 0.15) is 0 Å². The van der Waals surface area contributed by atoms with Crippen molar-refractivity contribution in [3.8, 4) is 0 Å². The summed E-state index contributed by atoms with van der Waals surface area (Å²) in [6.07, 6.45) is 2.67. The summed E-state index contributed by atoms with van der Waals surface area (Å²) in [5.41, 5.74) is 0.366. The van der Waals surface area contributed by atoms with E-state index in [0.717, 1.165) is 31.9 Å². The lowest BCUT2D eigenvalue weighted by molar-refractivity contribution is 0.107. The second kappa shape index (κ2) is 5.76. The Morgan fingerprint density at radius 3 is 2.78 bits per heavy atom. The highest BCUT2D eigenvalue weighted by Gasteiger charge is 2.26. The summed E-state index contributed by atoms with van der Waals surface area (Å²) in [5.74, 6) is -1.32. The minimum atomic E-state index is -0.804. The second-order valence-corrected chi connectivity index (χ2v) is 5.17. The lowest BCUT2D eigenvalue weighted by Gasteiger charge is -2.23. The molecule has 1 aromatic rings. The maximum absolute atomic E-state index is 13.5. The molecule has 0 radical (unpaired) electrons. The molecule has 18 heavy (non-hydrogen) atoms. The summed E-state index contributed by atoms with van der Waals surface area (Å²) < 4.78 is 26.6. The van der Waals surface area contributed by atoms with Gasteiger partial charge >= 0.3 is 0 Å². The summed E-state index contributed by atoms with van der Waals surface area (Å²) in [6, 6.07) is 4.24. The first-order valence-electron chi connectivity index (χ1n) is 6.37. The summed E-state index contributed by atoms with van der Waals surface area (Å²) >= 11 is 0. The van der Waals surface area contributed by atoms with E-state index >= 15 is 0 Å². The van der Waals surface area contributed by atoms with Crippen molar-refractivity contribution in [2.45, 2.75) is 31.9 Å². The van der Waals surface area contributed by atoms with Gasteiger partial charge in [0.2, 0.25) is 0 Å². The van der Waals surface area contributed by atoms with Crippen LogP contribution < -0.4 is 0 Å². The number of aliphatic hydroxyl groups is 1. The van der Waals surface area contributed by atoms with E-state index in [0.29, 0.717) is 12.1 Å². The third-order valence-electron chi connectivity index (χ3n) is 3.64. The summed E-state index contributed by atoms with van der Waals surface area (Å²) in [7, 11) is 1.87. The lowest BCUT2D eigenvalue weighted by atomic mass is 10.1. The van der Waals surface area contributed by atoms with Crippen LogP contribution in [0.2, 0.25) is 0 Å². The van der Waals surface area contributed by atoms with E-state index in [4.69, 9.17) is 0 Å². The van der Waals surface area contributed by atoms with E-state index in [9.17, 15) is 13.9 Å². The third-order valence-corrected chi connectivity index (χ3v) is 3.64. The second-order valence-electron chi connectivity index (χ2n) is 5.17. The quantitative estimate of drug-likeness (QED) is 0.893. The molecule has 1 aliphatic rings. The number of aliphatic hydroxyl groups excluding tert-OH is 1. The van der Waals surface area contributed by atoms with Crippen LogP contribution in [0.15, 0.2) is 18.2 Å². The monoisotopic (exact) mass is 255 g/mol. The minimum absolute atomic E-state index is 0.246. The van der Waals surface area contributed by atoms with Crippen LogP contribution in [0.5, 0.6) is 0 Å². The topological polar surface area (TPSA) is 23.5 Å². The zero-order valence-corrected chi connectivity index (χ0v) is 10.6. The lowest BCUT2D eigenvalue weighted by Crippen LogP contribution is -2.29. The molecule has 2 atom stereocenters. The van der Waals surface area contributed by atoms with E-state index in [1.54, 1.807) is 6.07 Å². The van der Waals surface area contributed by atoms with Gasteiger partial charge < -0.3 is 10.0 Å². The molecule has 1 aromatic carbocycles. The van der Waals surface area contributed by atoms with Crippen molar-refractivity contribution in [1.29, 1.82) is 0 Å². The van der Waals surface area contributed by atoms with Crippen LogP contribution in [-0.2, 0) is 6.54 Å². The molecule has 0 bridgehead atoms. The number of rotatable bonds is 4. The largest absolute Gasteiger partial charge is 0.393 e. The Bertz CT molecular complexity index is 411. The Morgan fingerprint density at radius 1 is 1.33 bits per heavy atom. The molecule has 1 N–H and O–H groups in total. The van der Waals surface area contributed by atoms with E-state index in [2.05, 4.69) is 0 Å². The Balaban J connectivity index is 1.94. The van der Waals surface area contributed by atoms with Gasteiger partial charge in [-0.15, -0.1) is 0 Å². The maximum atomic E-state index is 13.5. The fourth-order valence-electron chi connectivity index (χ4n) is 2.66. The molecule has 2 rings (SSSR count). The molecule has 4 heteroatoms. The zero-order valence-electron chi connectivity index (χ0n) is 10.6. The van der Waals surface area contributed by atoms with E-state index in [-0.39, 0.29) is 12.0 Å². The fourth-order valence-corrected chi connectivity index (χ4v) is 2.66. The number of nitrogens with zero attached hydrogens (tertiary/aromatic N) is 1. The van der Waals surface area contributed by atoms with E-state index < -0.39 is 11.6 Å². The summed E-state index contributed by atoms with van der Waals surface area (Å²) in [6.45, 7) is 1.09. The average molecular weight is 255 g/mol. The molecular formula is C14H19F2NO. The van der Waals surface area contributed by atoms with Crippen LogP contribution in [-0.4, -0.2) is 29.7 Å². The highest BCUT2D eigenvalue weighted by atomic mass is 19.2.